The second kappa shape index (κ2) is 7.14. The van der Waals surface area contributed by atoms with Crippen molar-refractivity contribution >= 4 is 11.9 Å². The molecule has 0 spiro atoms. The van der Waals surface area contributed by atoms with Gasteiger partial charge in [-0.05, 0) is 48.7 Å². The van der Waals surface area contributed by atoms with Gasteiger partial charge in [0.05, 0.1) is 7.11 Å². The van der Waals surface area contributed by atoms with Gasteiger partial charge in [-0.2, -0.15) is 0 Å². The average Bonchev–Trinajstić information content (AvgIpc) is 2.59. The second-order valence-corrected chi connectivity index (χ2v) is 5.61. The van der Waals surface area contributed by atoms with Crippen LogP contribution in [0.1, 0.15) is 24.8 Å². The van der Waals surface area contributed by atoms with Crippen LogP contribution in [0.15, 0.2) is 60.2 Å². The Bertz CT molecular complexity index is 687. The normalized spacial score (nSPS) is 19.6. The topological polar surface area (TPSA) is 35.5 Å². The lowest BCUT2D eigenvalue weighted by molar-refractivity contribution is -0.117. The molecule has 1 fully saturated rings. The van der Waals surface area contributed by atoms with Crippen molar-refractivity contribution in [3.63, 3.8) is 0 Å². The van der Waals surface area contributed by atoms with E-state index in [1.54, 1.807) is 7.11 Å². The number of hydrogen-bond donors (Lipinski definition) is 0. The first-order valence-electron chi connectivity index (χ1n) is 7.87. The number of hydrogen-bond acceptors (Lipinski definition) is 3. The third kappa shape index (κ3) is 3.81. The van der Waals surface area contributed by atoms with Crippen molar-refractivity contribution in [2.45, 2.75) is 25.4 Å². The van der Waals surface area contributed by atoms with Crippen molar-refractivity contribution in [3.8, 4) is 11.5 Å². The molecule has 118 valence electrons. The summed E-state index contributed by atoms with van der Waals surface area (Å²) < 4.78 is 11.2. The predicted molar refractivity (Wildman–Crippen MR) is 90.7 cm³/mol. The van der Waals surface area contributed by atoms with Crippen molar-refractivity contribution < 1.29 is 14.3 Å². The van der Waals surface area contributed by atoms with Crippen LogP contribution in [-0.2, 0) is 4.79 Å². The lowest BCUT2D eigenvalue weighted by atomic mass is 9.89. The zero-order chi connectivity index (χ0) is 16.1. The first-order chi connectivity index (χ1) is 11.3. The average molecular weight is 308 g/mol. The molecule has 0 N–H and O–H groups in total. The Labute approximate surface area is 136 Å². The minimum Gasteiger partial charge on any atom is -0.497 e. The summed E-state index contributed by atoms with van der Waals surface area (Å²) in [6, 6.07) is 17.4. The lowest BCUT2D eigenvalue weighted by Gasteiger charge is -2.25. The van der Waals surface area contributed by atoms with E-state index in [0.29, 0.717) is 6.42 Å². The highest BCUT2D eigenvalue weighted by Crippen LogP contribution is 2.27. The molecule has 0 aromatic heterocycles. The van der Waals surface area contributed by atoms with Gasteiger partial charge in [0, 0.05) is 12.0 Å². The number of rotatable bonds is 4. The van der Waals surface area contributed by atoms with Crippen molar-refractivity contribution in [2.75, 3.05) is 7.11 Å². The van der Waals surface area contributed by atoms with Gasteiger partial charge in [-0.25, -0.2) is 0 Å². The van der Waals surface area contributed by atoms with E-state index in [0.717, 1.165) is 35.5 Å². The molecule has 1 aliphatic carbocycles. The minimum absolute atomic E-state index is 0.174. The second-order valence-electron chi connectivity index (χ2n) is 5.61. The molecule has 3 rings (SSSR count). The van der Waals surface area contributed by atoms with Gasteiger partial charge in [0.1, 0.15) is 17.6 Å². The molecule has 0 heterocycles. The molecule has 1 saturated carbocycles. The first-order valence-corrected chi connectivity index (χ1v) is 7.87. The molecule has 23 heavy (non-hydrogen) atoms. The Hall–Kier alpha value is -2.55. The zero-order valence-corrected chi connectivity index (χ0v) is 13.2. The van der Waals surface area contributed by atoms with Crippen LogP contribution in [0.4, 0.5) is 0 Å². The number of ether oxygens (including phenoxy) is 2. The fourth-order valence-corrected chi connectivity index (χ4v) is 2.77. The minimum atomic E-state index is -0.180. The highest BCUT2D eigenvalue weighted by Gasteiger charge is 2.27. The Kier molecular flexibility index (Phi) is 4.77. The Balaban J connectivity index is 1.85. The number of benzene rings is 2. The Morgan fingerprint density at radius 2 is 1.74 bits per heavy atom. The SMILES string of the molecule is COc1ccc(C=C2C(=O)CCCC2Oc2ccccc2)cc1. The van der Waals surface area contributed by atoms with Crippen LogP contribution in [0.5, 0.6) is 11.5 Å². The fraction of sp³-hybridized carbons (Fsp3) is 0.250. The standard InChI is InChI=1S/C20H20O3/c1-22-16-12-10-15(11-13-16)14-18-19(21)8-5-9-20(18)23-17-6-3-2-4-7-17/h2-4,6-7,10-14,20H,5,8-9H2,1H3. The van der Waals surface area contributed by atoms with E-state index >= 15 is 0 Å². The van der Waals surface area contributed by atoms with Crippen LogP contribution >= 0.6 is 0 Å². The molecule has 2 aromatic rings. The van der Waals surface area contributed by atoms with Crippen molar-refractivity contribution in [2.24, 2.45) is 0 Å². The molecular formula is C20H20O3. The molecule has 0 bridgehead atoms. The molecular weight excluding hydrogens is 288 g/mol. The fourth-order valence-electron chi connectivity index (χ4n) is 2.77. The molecule has 0 aliphatic heterocycles. The van der Waals surface area contributed by atoms with Gasteiger partial charge in [-0.15, -0.1) is 0 Å². The maximum Gasteiger partial charge on any atom is 0.162 e. The van der Waals surface area contributed by atoms with Gasteiger partial charge >= 0.3 is 0 Å². The summed E-state index contributed by atoms with van der Waals surface area (Å²) in [5.41, 5.74) is 1.74. The summed E-state index contributed by atoms with van der Waals surface area (Å²) in [5.74, 6) is 1.78. The van der Waals surface area contributed by atoms with Crippen LogP contribution in [0, 0.1) is 0 Å². The quantitative estimate of drug-likeness (QED) is 0.791. The van der Waals surface area contributed by atoms with Gasteiger partial charge in [-0.1, -0.05) is 30.3 Å². The van der Waals surface area contributed by atoms with Crippen LogP contribution < -0.4 is 9.47 Å². The zero-order valence-electron chi connectivity index (χ0n) is 13.2. The predicted octanol–water partition coefficient (Wildman–Crippen LogP) is 4.28. The maximum atomic E-state index is 12.3. The number of methoxy groups -OCH3 is 1. The molecule has 1 atom stereocenters. The molecule has 3 nitrogen and oxygen atoms in total. The van der Waals surface area contributed by atoms with Crippen LogP contribution in [0.3, 0.4) is 0 Å². The van der Waals surface area contributed by atoms with Crippen LogP contribution in [0.2, 0.25) is 0 Å². The number of Topliss-reactive ketones (excluding diaryl/α,β-unsaturated/α-hetero) is 1. The van der Waals surface area contributed by atoms with Crippen LogP contribution in [0.25, 0.3) is 6.08 Å². The van der Waals surface area contributed by atoms with Gasteiger partial charge < -0.3 is 9.47 Å². The van der Waals surface area contributed by atoms with Gasteiger partial charge in [0.25, 0.3) is 0 Å². The Morgan fingerprint density at radius 1 is 1.00 bits per heavy atom. The van der Waals surface area contributed by atoms with E-state index in [2.05, 4.69) is 0 Å². The van der Waals surface area contributed by atoms with E-state index in [9.17, 15) is 4.79 Å². The summed E-state index contributed by atoms with van der Waals surface area (Å²) >= 11 is 0. The first kappa shape index (κ1) is 15.3. The molecule has 0 amide bonds. The van der Waals surface area contributed by atoms with Gasteiger partial charge in [0.2, 0.25) is 0 Å². The van der Waals surface area contributed by atoms with Crippen LogP contribution in [-0.4, -0.2) is 19.0 Å². The number of carbonyl (C=O) groups excluding carboxylic acids is 1. The van der Waals surface area contributed by atoms with E-state index in [4.69, 9.17) is 9.47 Å². The highest BCUT2D eigenvalue weighted by atomic mass is 16.5. The van der Waals surface area contributed by atoms with Crippen molar-refractivity contribution in [1.29, 1.82) is 0 Å². The lowest BCUT2D eigenvalue weighted by Crippen LogP contribution is -2.28. The van der Waals surface area contributed by atoms with E-state index in [1.165, 1.54) is 0 Å². The number of ketones is 1. The largest absolute Gasteiger partial charge is 0.497 e. The van der Waals surface area contributed by atoms with Crippen molar-refractivity contribution in [1.82, 2.24) is 0 Å². The maximum absolute atomic E-state index is 12.3. The monoisotopic (exact) mass is 308 g/mol. The summed E-state index contributed by atoms with van der Waals surface area (Å²) in [6.07, 6.45) is 4.09. The summed E-state index contributed by atoms with van der Waals surface area (Å²) in [7, 11) is 1.64. The third-order valence-corrected chi connectivity index (χ3v) is 4.00. The molecule has 2 aromatic carbocycles. The molecule has 1 aliphatic rings. The van der Waals surface area contributed by atoms with Gasteiger partial charge in [-0.3, -0.25) is 4.79 Å². The number of para-hydroxylation sites is 1. The Morgan fingerprint density at radius 3 is 2.43 bits per heavy atom. The number of carbonyl (C=O) groups is 1. The molecule has 0 saturated heterocycles. The smallest absolute Gasteiger partial charge is 0.162 e. The highest BCUT2D eigenvalue weighted by molar-refractivity contribution is 6.01. The van der Waals surface area contributed by atoms with Gasteiger partial charge in [0.15, 0.2) is 5.78 Å². The molecule has 1 unspecified atom stereocenters. The summed E-state index contributed by atoms with van der Waals surface area (Å²) in [5, 5.41) is 0. The summed E-state index contributed by atoms with van der Waals surface area (Å²) in [6.45, 7) is 0. The third-order valence-electron chi connectivity index (χ3n) is 4.00. The van der Waals surface area contributed by atoms with E-state index in [-0.39, 0.29) is 11.9 Å². The van der Waals surface area contributed by atoms with E-state index in [1.807, 2.05) is 60.7 Å². The molecule has 0 radical (unpaired) electrons. The van der Waals surface area contributed by atoms with Crippen molar-refractivity contribution in [3.05, 3.63) is 65.7 Å². The summed E-state index contributed by atoms with van der Waals surface area (Å²) in [4.78, 5) is 12.3. The van der Waals surface area contributed by atoms with E-state index < -0.39 is 0 Å². The molecule has 3 heteroatoms.